The Hall–Kier alpha value is -1.93. The summed E-state index contributed by atoms with van der Waals surface area (Å²) in [6, 6.07) is 5.23. The van der Waals surface area contributed by atoms with E-state index in [9.17, 15) is 13.2 Å². The highest BCUT2D eigenvalue weighted by Gasteiger charge is 2.30. The minimum Gasteiger partial charge on any atom is -0.367 e. The van der Waals surface area contributed by atoms with Gasteiger partial charge in [-0.15, -0.1) is 0 Å². The topological polar surface area (TPSA) is 51.4 Å². The van der Waals surface area contributed by atoms with E-state index in [0.717, 1.165) is 17.7 Å². The third-order valence-electron chi connectivity index (χ3n) is 3.67. The van der Waals surface area contributed by atoms with Gasteiger partial charge in [-0.25, -0.2) is 0 Å². The molecule has 0 N–H and O–H groups in total. The van der Waals surface area contributed by atoms with E-state index in [2.05, 4.69) is 15.0 Å². The summed E-state index contributed by atoms with van der Waals surface area (Å²) in [5.74, 6) is 0.975. The van der Waals surface area contributed by atoms with E-state index >= 15 is 0 Å². The monoisotopic (exact) mass is 327 g/mol. The van der Waals surface area contributed by atoms with Crippen LogP contribution in [0.1, 0.15) is 28.9 Å². The standard InChI is InChI=1S/C15H16F3N3O2/c1-10-19-14(20-23-10)13-9-21(6-7-22-13)8-11-2-4-12(5-3-11)15(16,17)18/h2-5,13H,6-9H2,1H3. The van der Waals surface area contributed by atoms with Gasteiger partial charge in [0.25, 0.3) is 0 Å². The summed E-state index contributed by atoms with van der Waals surface area (Å²) in [5, 5.41) is 3.86. The molecule has 8 heteroatoms. The highest BCUT2D eigenvalue weighted by atomic mass is 19.4. The lowest BCUT2D eigenvalue weighted by molar-refractivity contribution is -0.137. The Morgan fingerprint density at radius 1 is 1.26 bits per heavy atom. The van der Waals surface area contributed by atoms with Crippen LogP contribution < -0.4 is 0 Å². The van der Waals surface area contributed by atoms with E-state index in [1.165, 1.54) is 12.1 Å². The minimum absolute atomic E-state index is 0.282. The second kappa shape index (κ2) is 6.29. The summed E-state index contributed by atoms with van der Waals surface area (Å²) in [7, 11) is 0. The zero-order valence-corrected chi connectivity index (χ0v) is 12.5. The van der Waals surface area contributed by atoms with E-state index in [1.807, 2.05) is 0 Å². The number of aryl methyl sites for hydroxylation is 1. The molecule has 0 aliphatic carbocycles. The Bertz CT molecular complexity index is 655. The molecule has 0 radical (unpaired) electrons. The van der Waals surface area contributed by atoms with Crippen LogP contribution in [0.5, 0.6) is 0 Å². The molecule has 1 aromatic heterocycles. The molecular weight excluding hydrogens is 311 g/mol. The van der Waals surface area contributed by atoms with Gasteiger partial charge in [-0.2, -0.15) is 18.2 Å². The quantitative estimate of drug-likeness (QED) is 0.867. The normalized spacial score (nSPS) is 19.9. The van der Waals surface area contributed by atoms with Crippen molar-refractivity contribution in [2.75, 3.05) is 19.7 Å². The van der Waals surface area contributed by atoms with Gasteiger partial charge in [-0.05, 0) is 17.7 Å². The third kappa shape index (κ3) is 3.89. The highest BCUT2D eigenvalue weighted by Crippen LogP contribution is 2.29. The van der Waals surface area contributed by atoms with Crippen LogP contribution in [0.25, 0.3) is 0 Å². The average molecular weight is 327 g/mol. The van der Waals surface area contributed by atoms with Crippen LogP contribution in [0.2, 0.25) is 0 Å². The molecule has 2 heterocycles. The van der Waals surface area contributed by atoms with E-state index in [4.69, 9.17) is 9.26 Å². The summed E-state index contributed by atoms with van der Waals surface area (Å²) < 4.78 is 48.3. The van der Waals surface area contributed by atoms with Gasteiger partial charge in [-0.3, -0.25) is 4.90 Å². The Kier molecular flexibility index (Phi) is 4.36. The highest BCUT2D eigenvalue weighted by molar-refractivity contribution is 5.24. The molecule has 1 aromatic carbocycles. The Balaban J connectivity index is 1.63. The lowest BCUT2D eigenvalue weighted by Crippen LogP contribution is -2.38. The number of aromatic nitrogens is 2. The molecule has 0 bridgehead atoms. The van der Waals surface area contributed by atoms with Crippen LogP contribution in [-0.2, 0) is 17.5 Å². The minimum atomic E-state index is -4.31. The Morgan fingerprint density at radius 2 is 2.00 bits per heavy atom. The first-order chi connectivity index (χ1) is 10.9. The number of halogens is 3. The van der Waals surface area contributed by atoms with Gasteiger partial charge in [0.2, 0.25) is 11.7 Å². The zero-order valence-electron chi connectivity index (χ0n) is 12.5. The molecule has 5 nitrogen and oxygen atoms in total. The number of nitrogens with zero attached hydrogens (tertiary/aromatic N) is 3. The molecule has 23 heavy (non-hydrogen) atoms. The van der Waals surface area contributed by atoms with Crippen molar-refractivity contribution >= 4 is 0 Å². The van der Waals surface area contributed by atoms with E-state index in [-0.39, 0.29) is 6.10 Å². The van der Waals surface area contributed by atoms with E-state index in [1.54, 1.807) is 6.92 Å². The SMILES string of the molecule is Cc1nc(C2CN(Cc3ccc(C(F)(F)F)cc3)CCO2)no1. The molecule has 1 aliphatic rings. The summed E-state index contributed by atoms with van der Waals surface area (Å²) >= 11 is 0. The maximum absolute atomic E-state index is 12.6. The lowest BCUT2D eigenvalue weighted by Gasteiger charge is -2.31. The molecule has 1 atom stereocenters. The van der Waals surface area contributed by atoms with Crippen LogP contribution in [0.3, 0.4) is 0 Å². The first-order valence-corrected chi connectivity index (χ1v) is 7.22. The van der Waals surface area contributed by atoms with Gasteiger partial charge in [0.1, 0.15) is 6.10 Å². The van der Waals surface area contributed by atoms with E-state index in [0.29, 0.717) is 38.0 Å². The molecule has 1 fully saturated rings. The summed E-state index contributed by atoms with van der Waals surface area (Å²) in [4.78, 5) is 6.26. The summed E-state index contributed by atoms with van der Waals surface area (Å²) in [6.45, 7) is 4.04. The Morgan fingerprint density at radius 3 is 2.61 bits per heavy atom. The fraction of sp³-hybridized carbons (Fsp3) is 0.467. The van der Waals surface area contributed by atoms with Crippen molar-refractivity contribution in [3.05, 3.63) is 47.1 Å². The number of rotatable bonds is 3. The molecule has 1 saturated heterocycles. The molecular formula is C15H16F3N3O2. The van der Waals surface area contributed by atoms with Crippen LogP contribution in [-0.4, -0.2) is 34.7 Å². The van der Waals surface area contributed by atoms with Crippen LogP contribution in [0.15, 0.2) is 28.8 Å². The predicted octanol–water partition coefficient (Wildman–Crippen LogP) is 2.97. The number of hydrogen-bond donors (Lipinski definition) is 0. The number of hydrogen-bond acceptors (Lipinski definition) is 5. The fourth-order valence-corrected chi connectivity index (χ4v) is 2.51. The molecule has 3 rings (SSSR count). The van der Waals surface area contributed by atoms with Gasteiger partial charge in [0, 0.05) is 26.6 Å². The maximum Gasteiger partial charge on any atom is 0.416 e. The van der Waals surface area contributed by atoms with Crippen molar-refractivity contribution in [2.24, 2.45) is 0 Å². The van der Waals surface area contributed by atoms with Crippen molar-refractivity contribution in [1.29, 1.82) is 0 Å². The smallest absolute Gasteiger partial charge is 0.367 e. The van der Waals surface area contributed by atoms with Crippen molar-refractivity contribution in [1.82, 2.24) is 15.0 Å². The van der Waals surface area contributed by atoms with E-state index < -0.39 is 11.7 Å². The number of ether oxygens (including phenoxy) is 1. The molecule has 1 unspecified atom stereocenters. The second-order valence-corrected chi connectivity index (χ2v) is 5.46. The zero-order chi connectivity index (χ0) is 16.4. The van der Waals surface area contributed by atoms with Gasteiger partial charge >= 0.3 is 6.18 Å². The van der Waals surface area contributed by atoms with Gasteiger partial charge < -0.3 is 9.26 Å². The lowest BCUT2D eigenvalue weighted by atomic mass is 10.1. The van der Waals surface area contributed by atoms with Crippen LogP contribution in [0, 0.1) is 6.92 Å². The van der Waals surface area contributed by atoms with Crippen LogP contribution in [0.4, 0.5) is 13.2 Å². The van der Waals surface area contributed by atoms with Gasteiger partial charge in [0.15, 0.2) is 0 Å². The predicted molar refractivity (Wildman–Crippen MR) is 74.4 cm³/mol. The van der Waals surface area contributed by atoms with Crippen LogP contribution >= 0.6 is 0 Å². The summed E-state index contributed by atoms with van der Waals surface area (Å²) in [6.07, 6.45) is -4.59. The Labute approximate surface area is 131 Å². The second-order valence-electron chi connectivity index (χ2n) is 5.46. The first kappa shape index (κ1) is 15.9. The molecule has 2 aromatic rings. The average Bonchev–Trinajstić information content (AvgIpc) is 2.94. The largest absolute Gasteiger partial charge is 0.416 e. The molecule has 0 saturated carbocycles. The number of morpholine rings is 1. The number of alkyl halides is 3. The molecule has 0 amide bonds. The molecule has 124 valence electrons. The number of benzene rings is 1. The maximum atomic E-state index is 12.6. The van der Waals surface area contributed by atoms with Crippen molar-refractivity contribution in [2.45, 2.75) is 25.7 Å². The van der Waals surface area contributed by atoms with Gasteiger partial charge in [-0.1, -0.05) is 17.3 Å². The van der Waals surface area contributed by atoms with Crippen molar-refractivity contribution < 1.29 is 22.4 Å². The first-order valence-electron chi connectivity index (χ1n) is 7.22. The molecule has 0 spiro atoms. The van der Waals surface area contributed by atoms with Gasteiger partial charge in [0.05, 0.1) is 12.2 Å². The fourth-order valence-electron chi connectivity index (χ4n) is 2.51. The molecule has 1 aliphatic heterocycles. The summed E-state index contributed by atoms with van der Waals surface area (Å²) in [5.41, 5.74) is 0.186. The van der Waals surface area contributed by atoms with Crippen molar-refractivity contribution in [3.8, 4) is 0 Å². The third-order valence-corrected chi connectivity index (χ3v) is 3.67. The van der Waals surface area contributed by atoms with Crippen molar-refractivity contribution in [3.63, 3.8) is 0 Å².